The number of ether oxygens (including phenoxy) is 1. The summed E-state index contributed by atoms with van der Waals surface area (Å²) in [6, 6.07) is 10.5. The predicted octanol–water partition coefficient (Wildman–Crippen LogP) is 3.52. The lowest BCUT2D eigenvalue weighted by molar-refractivity contribution is -0.137. The number of halogens is 1. The summed E-state index contributed by atoms with van der Waals surface area (Å²) in [6.07, 6.45) is 0. The largest absolute Gasteiger partial charge is 0.507 e. The Bertz CT molecular complexity index is 580. The molecule has 0 aliphatic heterocycles. The quantitative estimate of drug-likeness (QED) is 0.396. The Morgan fingerprint density at radius 2 is 1.94 bits per heavy atom. The number of hydrogen-bond acceptors (Lipinski definition) is 3. The Hall–Kier alpha value is -1.30. The number of carbonyl (C=O) groups excluding carboxylic acids is 1. The average molecular weight is 356 g/mol. The van der Waals surface area contributed by atoms with Crippen LogP contribution in [0.25, 0.3) is 10.8 Å². The number of carbonyl (C=O) groups is 1. The van der Waals surface area contributed by atoms with Crippen LogP contribution in [0.2, 0.25) is 0 Å². The molecule has 0 radical (unpaired) electrons. The van der Waals surface area contributed by atoms with E-state index in [0.717, 1.165) is 5.39 Å². The summed E-state index contributed by atoms with van der Waals surface area (Å²) in [6.45, 7) is 1.83. The third-order valence-electron chi connectivity index (χ3n) is 2.71. The molecule has 3 nitrogen and oxygen atoms in total. The van der Waals surface area contributed by atoms with Crippen LogP contribution in [-0.2, 0) is 4.79 Å². The second kappa shape index (κ2) is 5.56. The number of esters is 1. The molecule has 0 bridgehead atoms. The minimum atomic E-state index is -0.250. The van der Waals surface area contributed by atoms with E-state index in [2.05, 4.69) is 22.6 Å². The monoisotopic (exact) mass is 356 g/mol. The van der Waals surface area contributed by atoms with Crippen molar-refractivity contribution >= 4 is 39.3 Å². The van der Waals surface area contributed by atoms with E-state index in [4.69, 9.17) is 4.74 Å². The van der Waals surface area contributed by atoms with Crippen molar-refractivity contribution in [3.63, 3.8) is 0 Å². The van der Waals surface area contributed by atoms with E-state index < -0.39 is 0 Å². The van der Waals surface area contributed by atoms with Crippen LogP contribution in [0.4, 0.5) is 0 Å². The van der Waals surface area contributed by atoms with E-state index in [0.29, 0.717) is 15.6 Å². The van der Waals surface area contributed by atoms with Crippen LogP contribution in [0.5, 0.6) is 11.5 Å². The van der Waals surface area contributed by atoms with Gasteiger partial charge < -0.3 is 9.84 Å². The third kappa shape index (κ3) is 2.58. The van der Waals surface area contributed by atoms with E-state index in [1.165, 1.54) is 0 Å². The number of benzene rings is 2. The molecular weight excluding hydrogens is 343 g/mol. The van der Waals surface area contributed by atoms with E-state index in [-0.39, 0.29) is 17.6 Å². The molecule has 0 fully saturated rings. The number of aromatic hydroxyl groups is 1. The fourth-order valence-corrected chi connectivity index (χ4v) is 1.98. The van der Waals surface area contributed by atoms with Crippen molar-refractivity contribution in [2.45, 2.75) is 6.92 Å². The predicted molar refractivity (Wildman–Crippen MR) is 79.3 cm³/mol. The van der Waals surface area contributed by atoms with E-state index in [1.54, 1.807) is 18.2 Å². The first-order valence-corrected chi connectivity index (χ1v) is 7.14. The molecule has 2 aromatic rings. The Kier molecular flexibility index (Phi) is 4.06. The zero-order chi connectivity index (χ0) is 13.1. The van der Waals surface area contributed by atoms with Crippen LogP contribution in [0.1, 0.15) is 6.92 Å². The SMILES string of the molecule is CC(CI)C(=O)Oc1ccc(O)c2ccccc12. The van der Waals surface area contributed by atoms with Gasteiger partial charge in [-0.1, -0.05) is 53.8 Å². The fourth-order valence-electron chi connectivity index (χ4n) is 1.62. The van der Waals surface area contributed by atoms with Crippen molar-refractivity contribution in [3.8, 4) is 11.5 Å². The highest BCUT2D eigenvalue weighted by Gasteiger charge is 2.15. The Morgan fingerprint density at radius 3 is 2.61 bits per heavy atom. The highest BCUT2D eigenvalue weighted by atomic mass is 127. The second-order valence-electron chi connectivity index (χ2n) is 4.10. The molecule has 2 rings (SSSR count). The number of phenolic OH excluding ortho intramolecular Hbond substituents is 1. The molecule has 4 heteroatoms. The Labute approximate surface area is 119 Å². The van der Waals surface area contributed by atoms with Crippen LogP contribution >= 0.6 is 22.6 Å². The Morgan fingerprint density at radius 1 is 1.28 bits per heavy atom. The molecule has 0 saturated carbocycles. The summed E-state index contributed by atoms with van der Waals surface area (Å²) in [4.78, 5) is 11.8. The number of rotatable bonds is 3. The van der Waals surface area contributed by atoms with Crippen molar-refractivity contribution in [1.82, 2.24) is 0 Å². The van der Waals surface area contributed by atoms with Gasteiger partial charge in [0.05, 0.1) is 5.92 Å². The molecule has 1 unspecified atom stereocenters. The second-order valence-corrected chi connectivity index (χ2v) is 4.99. The van der Waals surface area contributed by atoms with Gasteiger partial charge in [0.15, 0.2) is 0 Å². The zero-order valence-corrected chi connectivity index (χ0v) is 12.0. The van der Waals surface area contributed by atoms with Gasteiger partial charge in [-0.15, -0.1) is 0 Å². The van der Waals surface area contributed by atoms with Gasteiger partial charge in [-0.05, 0) is 12.1 Å². The summed E-state index contributed by atoms with van der Waals surface area (Å²) in [5.74, 6) is 0.288. The van der Waals surface area contributed by atoms with Gasteiger partial charge >= 0.3 is 5.97 Å². The molecule has 0 saturated heterocycles. The molecule has 0 amide bonds. The van der Waals surface area contributed by atoms with Gasteiger partial charge in [0.25, 0.3) is 0 Å². The van der Waals surface area contributed by atoms with E-state index >= 15 is 0 Å². The summed E-state index contributed by atoms with van der Waals surface area (Å²) in [5, 5.41) is 11.2. The normalized spacial score (nSPS) is 12.3. The van der Waals surface area contributed by atoms with E-state index in [9.17, 15) is 9.90 Å². The molecule has 0 aliphatic carbocycles. The first kappa shape index (κ1) is 13.1. The number of alkyl halides is 1. The minimum Gasteiger partial charge on any atom is -0.507 e. The number of hydrogen-bond donors (Lipinski definition) is 1. The van der Waals surface area contributed by atoms with Gasteiger partial charge in [0.2, 0.25) is 0 Å². The minimum absolute atomic E-state index is 0.141. The van der Waals surface area contributed by atoms with Crippen molar-refractivity contribution in [3.05, 3.63) is 36.4 Å². The van der Waals surface area contributed by atoms with Crippen LogP contribution in [0.15, 0.2) is 36.4 Å². The summed E-state index contributed by atoms with van der Waals surface area (Å²) < 4.78 is 6.10. The molecule has 1 N–H and O–H groups in total. The highest BCUT2D eigenvalue weighted by Crippen LogP contribution is 2.32. The van der Waals surface area contributed by atoms with Crippen LogP contribution < -0.4 is 4.74 Å². The molecule has 0 aromatic heterocycles. The maximum atomic E-state index is 11.8. The van der Waals surface area contributed by atoms with Gasteiger partial charge in [-0.25, -0.2) is 0 Å². The van der Waals surface area contributed by atoms with Gasteiger partial charge in [-0.3, -0.25) is 4.79 Å². The lowest BCUT2D eigenvalue weighted by atomic mass is 10.1. The third-order valence-corrected chi connectivity index (χ3v) is 4.03. The lowest BCUT2D eigenvalue weighted by Gasteiger charge is -2.11. The zero-order valence-electron chi connectivity index (χ0n) is 9.89. The standard InChI is InChI=1S/C14H13IO3/c1-9(8-15)14(17)18-13-7-6-12(16)10-4-2-3-5-11(10)13/h2-7,9,16H,8H2,1H3. The maximum Gasteiger partial charge on any atom is 0.314 e. The summed E-state index contributed by atoms with van der Waals surface area (Å²) in [5.41, 5.74) is 0. The highest BCUT2D eigenvalue weighted by molar-refractivity contribution is 14.1. The van der Waals surface area contributed by atoms with Crippen molar-refractivity contribution in [2.75, 3.05) is 4.43 Å². The summed E-state index contributed by atoms with van der Waals surface area (Å²) >= 11 is 2.15. The van der Waals surface area contributed by atoms with Gasteiger partial charge in [0.1, 0.15) is 11.5 Å². The van der Waals surface area contributed by atoms with Crippen LogP contribution in [0.3, 0.4) is 0 Å². The van der Waals surface area contributed by atoms with Crippen molar-refractivity contribution in [2.24, 2.45) is 5.92 Å². The molecule has 2 aromatic carbocycles. The number of fused-ring (bicyclic) bond motifs is 1. The molecular formula is C14H13IO3. The van der Waals surface area contributed by atoms with Crippen LogP contribution in [0, 0.1) is 5.92 Å². The van der Waals surface area contributed by atoms with Crippen molar-refractivity contribution in [1.29, 1.82) is 0 Å². The molecule has 0 aliphatic rings. The smallest absolute Gasteiger partial charge is 0.314 e. The van der Waals surface area contributed by atoms with E-state index in [1.807, 2.05) is 25.1 Å². The van der Waals surface area contributed by atoms with Crippen molar-refractivity contribution < 1.29 is 14.6 Å². The molecule has 1 atom stereocenters. The molecule has 18 heavy (non-hydrogen) atoms. The summed E-state index contributed by atoms with van der Waals surface area (Å²) in [7, 11) is 0. The molecule has 0 spiro atoms. The van der Waals surface area contributed by atoms with Gasteiger partial charge in [-0.2, -0.15) is 0 Å². The first-order valence-electron chi connectivity index (χ1n) is 5.62. The van der Waals surface area contributed by atoms with Crippen LogP contribution in [-0.4, -0.2) is 15.5 Å². The Balaban J connectivity index is 2.40. The fraction of sp³-hybridized carbons (Fsp3) is 0.214. The molecule has 94 valence electrons. The topological polar surface area (TPSA) is 46.5 Å². The number of phenols is 1. The van der Waals surface area contributed by atoms with Gasteiger partial charge in [0, 0.05) is 15.2 Å². The lowest BCUT2D eigenvalue weighted by Crippen LogP contribution is -2.18. The first-order chi connectivity index (χ1) is 8.63. The average Bonchev–Trinajstić information content (AvgIpc) is 2.41. The molecule has 0 heterocycles. The maximum absolute atomic E-state index is 11.8.